The maximum Gasteiger partial charge on any atom is 0.338 e. The molecule has 0 N–H and O–H groups in total. The summed E-state index contributed by atoms with van der Waals surface area (Å²) in [5, 5.41) is 0. The molecule has 0 unspecified atom stereocenters. The highest BCUT2D eigenvalue weighted by molar-refractivity contribution is 5.88. The van der Waals surface area contributed by atoms with Gasteiger partial charge in [-0.2, -0.15) is 0 Å². The summed E-state index contributed by atoms with van der Waals surface area (Å²) >= 11 is 0. The van der Waals surface area contributed by atoms with E-state index >= 15 is 0 Å². The highest BCUT2D eigenvalue weighted by atomic mass is 16.5. The van der Waals surface area contributed by atoms with Gasteiger partial charge in [0, 0.05) is 5.57 Å². The molecule has 0 bridgehead atoms. The fraction of sp³-hybridized carbons (Fsp3) is 0.500. The molecule has 68 valence electrons. The van der Waals surface area contributed by atoms with E-state index in [1.54, 1.807) is 0 Å². The van der Waals surface area contributed by atoms with Crippen LogP contribution in [-0.4, -0.2) is 5.97 Å². The molecule has 12 heavy (non-hydrogen) atoms. The monoisotopic (exact) mass is 168 g/mol. The van der Waals surface area contributed by atoms with Gasteiger partial charge in [-0.1, -0.05) is 33.4 Å². The fourth-order valence-corrected chi connectivity index (χ4v) is 0.884. The molecular formula is C10H16O2. The summed E-state index contributed by atoms with van der Waals surface area (Å²) in [6, 6.07) is 0. The second-order valence-electron chi connectivity index (χ2n) is 2.86. The third-order valence-electron chi connectivity index (χ3n) is 1.37. The van der Waals surface area contributed by atoms with Crippen LogP contribution in [0, 0.1) is 5.92 Å². The summed E-state index contributed by atoms with van der Waals surface area (Å²) in [6.07, 6.45) is 3.77. The Morgan fingerprint density at radius 2 is 2.17 bits per heavy atom. The molecule has 0 rings (SSSR count). The van der Waals surface area contributed by atoms with Gasteiger partial charge >= 0.3 is 5.97 Å². The summed E-state index contributed by atoms with van der Waals surface area (Å²) in [5.41, 5.74) is 0.713. The highest BCUT2D eigenvalue weighted by Crippen LogP contribution is 2.08. The molecule has 0 saturated heterocycles. The number of carbonyl (C=O) groups excluding carboxylic acids is 1. The van der Waals surface area contributed by atoms with Crippen LogP contribution < -0.4 is 0 Å². The maximum atomic E-state index is 11.1. The van der Waals surface area contributed by atoms with E-state index in [4.69, 9.17) is 0 Å². The van der Waals surface area contributed by atoms with Crippen LogP contribution in [0.4, 0.5) is 0 Å². The Balaban J connectivity index is 4.33. The van der Waals surface area contributed by atoms with Crippen molar-refractivity contribution in [3.8, 4) is 0 Å². The van der Waals surface area contributed by atoms with Crippen molar-refractivity contribution in [2.75, 3.05) is 0 Å². The van der Waals surface area contributed by atoms with Crippen LogP contribution >= 0.6 is 0 Å². The molecular weight excluding hydrogens is 152 g/mol. The molecule has 0 spiro atoms. The van der Waals surface area contributed by atoms with E-state index in [2.05, 4.69) is 11.3 Å². The van der Waals surface area contributed by atoms with Crippen LogP contribution in [0.3, 0.4) is 0 Å². The van der Waals surface area contributed by atoms with E-state index in [1.807, 2.05) is 26.8 Å². The van der Waals surface area contributed by atoms with Gasteiger partial charge in [0.1, 0.15) is 0 Å². The zero-order valence-corrected chi connectivity index (χ0v) is 7.96. The zero-order valence-electron chi connectivity index (χ0n) is 7.96. The standard InChI is InChI=1S/C10H16O2/c1-5-9(7-8(3)4)10(11)12-6-2/h6-8H,2,5H2,1,3-4H3. The molecule has 0 atom stereocenters. The van der Waals surface area contributed by atoms with Crippen LogP contribution in [-0.2, 0) is 9.53 Å². The maximum absolute atomic E-state index is 11.1. The summed E-state index contributed by atoms with van der Waals surface area (Å²) in [4.78, 5) is 11.1. The third-order valence-corrected chi connectivity index (χ3v) is 1.37. The molecule has 0 aliphatic heterocycles. The molecule has 0 radical (unpaired) electrons. The van der Waals surface area contributed by atoms with E-state index in [-0.39, 0.29) is 5.97 Å². The van der Waals surface area contributed by atoms with Crippen molar-refractivity contribution in [3.05, 3.63) is 24.5 Å². The van der Waals surface area contributed by atoms with E-state index in [9.17, 15) is 4.79 Å². The van der Waals surface area contributed by atoms with Gasteiger partial charge < -0.3 is 4.74 Å². The molecule has 0 amide bonds. The van der Waals surface area contributed by atoms with Crippen molar-refractivity contribution in [2.24, 2.45) is 5.92 Å². The first kappa shape index (κ1) is 11.0. The van der Waals surface area contributed by atoms with Crippen molar-refractivity contribution in [3.63, 3.8) is 0 Å². The van der Waals surface area contributed by atoms with Crippen molar-refractivity contribution in [2.45, 2.75) is 27.2 Å². The third kappa shape index (κ3) is 3.96. The number of allylic oxidation sites excluding steroid dienone is 1. The zero-order chi connectivity index (χ0) is 9.56. The van der Waals surface area contributed by atoms with Crippen molar-refractivity contribution in [1.82, 2.24) is 0 Å². The van der Waals surface area contributed by atoms with Gasteiger partial charge in [-0.05, 0) is 12.3 Å². The van der Waals surface area contributed by atoms with E-state index in [0.29, 0.717) is 17.9 Å². The van der Waals surface area contributed by atoms with Gasteiger partial charge in [0.15, 0.2) is 0 Å². The second kappa shape index (κ2) is 5.58. The number of rotatable bonds is 4. The van der Waals surface area contributed by atoms with Gasteiger partial charge in [0.05, 0.1) is 6.26 Å². The molecule has 2 heteroatoms. The van der Waals surface area contributed by atoms with Crippen LogP contribution in [0.2, 0.25) is 0 Å². The number of hydrogen-bond acceptors (Lipinski definition) is 2. The minimum atomic E-state index is -0.291. The summed E-state index contributed by atoms with van der Waals surface area (Å²) in [5.74, 6) is 0.0820. The average molecular weight is 168 g/mol. The van der Waals surface area contributed by atoms with E-state index in [1.165, 1.54) is 0 Å². The van der Waals surface area contributed by atoms with Crippen LogP contribution in [0.1, 0.15) is 27.2 Å². The van der Waals surface area contributed by atoms with Crippen molar-refractivity contribution >= 4 is 5.97 Å². The number of esters is 1. The molecule has 0 aliphatic rings. The molecule has 0 aliphatic carbocycles. The molecule has 2 nitrogen and oxygen atoms in total. The van der Waals surface area contributed by atoms with Crippen LogP contribution in [0.25, 0.3) is 0 Å². The Labute approximate surface area is 73.9 Å². The largest absolute Gasteiger partial charge is 0.432 e. The quantitative estimate of drug-likeness (QED) is 0.366. The summed E-state index contributed by atoms with van der Waals surface area (Å²) in [7, 11) is 0. The molecule has 0 fully saturated rings. The van der Waals surface area contributed by atoms with Crippen LogP contribution in [0.5, 0.6) is 0 Å². The lowest BCUT2D eigenvalue weighted by atomic mass is 10.1. The number of ether oxygens (including phenoxy) is 1. The van der Waals surface area contributed by atoms with E-state index in [0.717, 1.165) is 6.26 Å². The average Bonchev–Trinajstić information content (AvgIpc) is 2.00. The predicted molar refractivity (Wildman–Crippen MR) is 49.5 cm³/mol. The lowest BCUT2D eigenvalue weighted by Crippen LogP contribution is -2.04. The Kier molecular flexibility index (Phi) is 5.09. The van der Waals surface area contributed by atoms with Gasteiger partial charge in [-0.15, -0.1) is 0 Å². The van der Waals surface area contributed by atoms with Gasteiger partial charge in [-0.3, -0.25) is 0 Å². The van der Waals surface area contributed by atoms with Crippen LogP contribution in [0.15, 0.2) is 24.5 Å². The van der Waals surface area contributed by atoms with E-state index < -0.39 is 0 Å². The lowest BCUT2D eigenvalue weighted by molar-refractivity contribution is -0.133. The van der Waals surface area contributed by atoms with Gasteiger partial charge in [0.2, 0.25) is 0 Å². The number of hydrogen-bond donors (Lipinski definition) is 0. The normalized spacial score (nSPS) is 11.5. The smallest absolute Gasteiger partial charge is 0.338 e. The predicted octanol–water partition coefficient (Wildman–Crippen LogP) is 2.67. The Bertz CT molecular complexity index is 190. The molecule has 0 aromatic carbocycles. The minimum Gasteiger partial charge on any atom is -0.432 e. The molecule has 0 heterocycles. The summed E-state index contributed by atoms with van der Waals surface area (Å²) < 4.78 is 4.65. The molecule has 0 aromatic heterocycles. The summed E-state index contributed by atoms with van der Waals surface area (Å²) in [6.45, 7) is 9.30. The Hall–Kier alpha value is -1.05. The minimum absolute atomic E-state index is 0.291. The van der Waals surface area contributed by atoms with Crippen molar-refractivity contribution in [1.29, 1.82) is 0 Å². The van der Waals surface area contributed by atoms with Gasteiger partial charge in [0.25, 0.3) is 0 Å². The highest BCUT2D eigenvalue weighted by Gasteiger charge is 2.07. The first-order valence-corrected chi connectivity index (χ1v) is 4.14. The first-order valence-electron chi connectivity index (χ1n) is 4.14. The SMILES string of the molecule is C=COC(=O)C(=CC(C)C)CC. The lowest BCUT2D eigenvalue weighted by Gasteiger charge is -2.03. The van der Waals surface area contributed by atoms with Crippen molar-refractivity contribution < 1.29 is 9.53 Å². The first-order chi connectivity index (χ1) is 5.61. The molecule has 0 aromatic rings. The second-order valence-corrected chi connectivity index (χ2v) is 2.86. The molecule has 0 saturated carbocycles. The van der Waals surface area contributed by atoms with Gasteiger partial charge in [-0.25, -0.2) is 4.79 Å². The fourth-order valence-electron chi connectivity index (χ4n) is 0.884. The topological polar surface area (TPSA) is 26.3 Å². The Morgan fingerprint density at radius 3 is 2.50 bits per heavy atom. The Morgan fingerprint density at radius 1 is 1.58 bits per heavy atom. The number of carbonyl (C=O) groups is 1.